The summed E-state index contributed by atoms with van der Waals surface area (Å²) in [5.74, 6) is 0.819. The van der Waals surface area contributed by atoms with E-state index in [0.29, 0.717) is 19.6 Å². The molecule has 1 aromatic carbocycles. The number of nitrogens with zero attached hydrogens (tertiary/aromatic N) is 2. The number of benzene rings is 1. The van der Waals surface area contributed by atoms with Crippen molar-refractivity contribution in [2.45, 2.75) is 38.9 Å². The Morgan fingerprint density at radius 3 is 2.48 bits per heavy atom. The normalized spacial score (nSPS) is 18.8. The molecule has 1 heterocycles. The number of anilines is 1. The van der Waals surface area contributed by atoms with E-state index >= 15 is 0 Å². The molecule has 0 unspecified atom stereocenters. The largest absolute Gasteiger partial charge is 0.357 e. The number of carbonyl (C=O) groups is 1. The van der Waals surface area contributed by atoms with Crippen LogP contribution in [0.1, 0.15) is 33.3 Å². The maximum Gasteiger partial charge on any atom is 0.221 e. The summed E-state index contributed by atoms with van der Waals surface area (Å²) in [4.78, 5) is 17.8. The number of hydrogen-bond acceptors (Lipinski definition) is 4. The molecule has 1 amide bonds. The molecule has 8 heteroatoms. The first-order chi connectivity index (χ1) is 12.6. The summed E-state index contributed by atoms with van der Waals surface area (Å²) in [5, 5.41) is 6.02. The second-order valence-corrected chi connectivity index (χ2v) is 10.1. The Labute approximate surface area is 162 Å². The molecule has 0 radical (unpaired) electrons. The van der Waals surface area contributed by atoms with E-state index in [4.69, 9.17) is 0 Å². The fourth-order valence-electron chi connectivity index (χ4n) is 3.00. The van der Waals surface area contributed by atoms with Gasteiger partial charge in [0.25, 0.3) is 0 Å². The van der Waals surface area contributed by atoms with Crippen molar-refractivity contribution in [3.05, 3.63) is 29.8 Å². The van der Waals surface area contributed by atoms with E-state index in [1.165, 1.54) is 6.92 Å². The number of aliphatic imine (C=N–C) groups is 1. The second-order valence-electron chi connectivity index (χ2n) is 7.36. The summed E-state index contributed by atoms with van der Waals surface area (Å²) in [6, 6.07) is 7.71. The van der Waals surface area contributed by atoms with Crippen LogP contribution in [0.2, 0.25) is 0 Å². The van der Waals surface area contributed by atoms with Crippen LogP contribution in [0.4, 0.5) is 5.69 Å². The first kappa shape index (κ1) is 21.2. The van der Waals surface area contributed by atoms with Gasteiger partial charge in [-0.3, -0.25) is 9.79 Å². The Morgan fingerprint density at radius 1 is 1.26 bits per heavy atom. The van der Waals surface area contributed by atoms with Gasteiger partial charge in [0.1, 0.15) is 0 Å². The van der Waals surface area contributed by atoms with Crippen LogP contribution in [0.3, 0.4) is 0 Å². The van der Waals surface area contributed by atoms with Crippen molar-refractivity contribution in [3.63, 3.8) is 0 Å². The van der Waals surface area contributed by atoms with E-state index < -0.39 is 14.6 Å². The summed E-state index contributed by atoms with van der Waals surface area (Å²) in [7, 11) is -3.07. The SMILES string of the molecule is CCNC(=NCCc1ccc(NC(C)=O)cc1)N1CCS(=O)(=O)C(C)(C)C1. The van der Waals surface area contributed by atoms with Crippen molar-refractivity contribution in [3.8, 4) is 0 Å². The average molecular weight is 395 g/mol. The molecular formula is C19H30N4O3S. The third-order valence-corrected chi connectivity index (χ3v) is 7.15. The summed E-state index contributed by atoms with van der Waals surface area (Å²) in [6.45, 7) is 9.26. The molecule has 0 bridgehead atoms. The summed E-state index contributed by atoms with van der Waals surface area (Å²) in [5.41, 5.74) is 1.91. The van der Waals surface area contributed by atoms with Crippen LogP contribution >= 0.6 is 0 Å². The lowest BCUT2D eigenvalue weighted by Crippen LogP contribution is -2.57. The van der Waals surface area contributed by atoms with Crippen LogP contribution in [0, 0.1) is 0 Å². The molecule has 0 aliphatic carbocycles. The van der Waals surface area contributed by atoms with E-state index in [1.54, 1.807) is 13.8 Å². The van der Waals surface area contributed by atoms with Crippen molar-refractivity contribution in [1.29, 1.82) is 0 Å². The molecule has 7 nitrogen and oxygen atoms in total. The minimum atomic E-state index is -3.07. The zero-order valence-corrected chi connectivity index (χ0v) is 17.4. The van der Waals surface area contributed by atoms with E-state index in [-0.39, 0.29) is 11.7 Å². The number of nitrogens with one attached hydrogen (secondary N) is 2. The monoisotopic (exact) mass is 394 g/mol. The smallest absolute Gasteiger partial charge is 0.221 e. The lowest BCUT2D eigenvalue weighted by atomic mass is 10.1. The van der Waals surface area contributed by atoms with Gasteiger partial charge < -0.3 is 15.5 Å². The van der Waals surface area contributed by atoms with Gasteiger partial charge in [0, 0.05) is 38.8 Å². The summed E-state index contributed by atoms with van der Waals surface area (Å²) < 4.78 is 23.6. The Morgan fingerprint density at radius 2 is 1.93 bits per heavy atom. The number of rotatable bonds is 5. The van der Waals surface area contributed by atoms with Gasteiger partial charge in [-0.25, -0.2) is 8.42 Å². The first-order valence-electron chi connectivity index (χ1n) is 9.27. The minimum Gasteiger partial charge on any atom is -0.357 e. The molecule has 1 aliphatic rings. The minimum absolute atomic E-state index is 0.0888. The standard InChI is InChI=1S/C19H30N4O3S/c1-5-20-18(23-12-13-27(25,26)19(3,4)14-23)21-11-10-16-6-8-17(9-7-16)22-15(2)24/h6-9H,5,10-14H2,1-4H3,(H,20,21)(H,22,24). The van der Waals surface area contributed by atoms with Gasteiger partial charge in [0.2, 0.25) is 5.91 Å². The van der Waals surface area contributed by atoms with Gasteiger partial charge in [-0.05, 0) is 44.9 Å². The van der Waals surface area contributed by atoms with Crippen LogP contribution in [0.5, 0.6) is 0 Å². The van der Waals surface area contributed by atoms with Crippen molar-refractivity contribution in [2.24, 2.45) is 4.99 Å². The second kappa shape index (κ2) is 8.73. The Kier molecular flexibility index (Phi) is 6.86. The molecule has 150 valence electrons. The quantitative estimate of drug-likeness (QED) is 0.585. The molecular weight excluding hydrogens is 364 g/mol. The van der Waals surface area contributed by atoms with Crippen molar-refractivity contribution in [1.82, 2.24) is 10.2 Å². The number of amides is 1. The summed E-state index contributed by atoms with van der Waals surface area (Å²) in [6.07, 6.45) is 0.769. The molecule has 1 fully saturated rings. The molecule has 27 heavy (non-hydrogen) atoms. The summed E-state index contributed by atoms with van der Waals surface area (Å²) >= 11 is 0. The molecule has 1 saturated heterocycles. The van der Waals surface area contributed by atoms with Crippen LogP contribution in [0.25, 0.3) is 0 Å². The Balaban J connectivity index is 2.00. The maximum absolute atomic E-state index is 12.2. The Bertz CT molecular complexity index is 786. The third kappa shape index (κ3) is 5.69. The lowest BCUT2D eigenvalue weighted by molar-refractivity contribution is -0.114. The average Bonchev–Trinajstić information content (AvgIpc) is 2.58. The van der Waals surface area contributed by atoms with Crippen LogP contribution < -0.4 is 10.6 Å². The molecule has 0 atom stereocenters. The molecule has 1 aromatic rings. The highest BCUT2D eigenvalue weighted by Crippen LogP contribution is 2.23. The number of carbonyl (C=O) groups excluding carboxylic acids is 1. The zero-order valence-electron chi connectivity index (χ0n) is 16.6. The van der Waals surface area contributed by atoms with Crippen LogP contribution in [0.15, 0.2) is 29.3 Å². The van der Waals surface area contributed by atoms with Crippen LogP contribution in [-0.2, 0) is 21.1 Å². The van der Waals surface area contributed by atoms with E-state index in [0.717, 1.165) is 30.2 Å². The number of hydrogen-bond donors (Lipinski definition) is 2. The maximum atomic E-state index is 12.2. The highest BCUT2D eigenvalue weighted by atomic mass is 32.2. The van der Waals surface area contributed by atoms with E-state index in [2.05, 4.69) is 15.6 Å². The van der Waals surface area contributed by atoms with Gasteiger partial charge in [0.05, 0.1) is 10.5 Å². The molecule has 2 rings (SSSR count). The van der Waals surface area contributed by atoms with Gasteiger partial charge in [-0.15, -0.1) is 0 Å². The van der Waals surface area contributed by atoms with Crippen LogP contribution in [-0.4, -0.2) is 61.9 Å². The van der Waals surface area contributed by atoms with Gasteiger partial charge >= 0.3 is 0 Å². The van der Waals surface area contributed by atoms with Gasteiger partial charge in [-0.1, -0.05) is 12.1 Å². The molecule has 0 spiro atoms. The topological polar surface area (TPSA) is 90.9 Å². The van der Waals surface area contributed by atoms with Crippen molar-refractivity contribution in [2.75, 3.05) is 37.2 Å². The molecule has 0 aromatic heterocycles. The number of sulfone groups is 1. The Hall–Kier alpha value is -2.09. The highest BCUT2D eigenvalue weighted by molar-refractivity contribution is 7.92. The van der Waals surface area contributed by atoms with E-state index in [1.807, 2.05) is 36.1 Å². The third-order valence-electron chi connectivity index (χ3n) is 4.61. The molecule has 1 aliphatic heterocycles. The zero-order chi connectivity index (χ0) is 20.1. The van der Waals surface area contributed by atoms with Gasteiger partial charge in [-0.2, -0.15) is 0 Å². The predicted octanol–water partition coefficient (Wildman–Crippen LogP) is 1.66. The fraction of sp³-hybridized carbons (Fsp3) is 0.579. The lowest BCUT2D eigenvalue weighted by Gasteiger charge is -2.39. The van der Waals surface area contributed by atoms with Gasteiger partial charge in [0.15, 0.2) is 15.8 Å². The predicted molar refractivity (Wildman–Crippen MR) is 110 cm³/mol. The molecule has 0 saturated carbocycles. The fourth-order valence-corrected chi connectivity index (χ4v) is 4.37. The first-order valence-corrected chi connectivity index (χ1v) is 10.9. The van der Waals surface area contributed by atoms with E-state index in [9.17, 15) is 13.2 Å². The number of guanidine groups is 1. The highest BCUT2D eigenvalue weighted by Gasteiger charge is 2.40. The van der Waals surface area contributed by atoms with Crippen molar-refractivity contribution < 1.29 is 13.2 Å². The van der Waals surface area contributed by atoms with Crippen molar-refractivity contribution >= 4 is 27.4 Å². The molecule has 2 N–H and O–H groups in total.